The van der Waals surface area contributed by atoms with Crippen LogP contribution in [-0.4, -0.2) is 58.6 Å². The molecule has 1 fully saturated rings. The minimum Gasteiger partial charge on any atom is -0.370 e. The van der Waals surface area contributed by atoms with Crippen molar-refractivity contribution < 1.29 is 8.42 Å². The Morgan fingerprint density at radius 1 is 1.31 bits per heavy atom. The van der Waals surface area contributed by atoms with Crippen molar-refractivity contribution in [1.82, 2.24) is 10.6 Å². The molecule has 0 aliphatic carbocycles. The number of anilines is 1. The van der Waals surface area contributed by atoms with Crippen molar-refractivity contribution in [3.8, 4) is 0 Å². The molecule has 0 amide bonds. The first-order valence-electron chi connectivity index (χ1n) is 9.47. The van der Waals surface area contributed by atoms with Crippen LogP contribution in [0.3, 0.4) is 0 Å². The normalized spacial score (nSPS) is 19.3. The quantitative estimate of drug-likeness (QED) is 0.531. The van der Waals surface area contributed by atoms with Crippen LogP contribution in [0.2, 0.25) is 0 Å². The van der Waals surface area contributed by atoms with Crippen molar-refractivity contribution in [3.05, 3.63) is 29.8 Å². The number of hydrogen-bond acceptors (Lipinski definition) is 4. The van der Waals surface area contributed by atoms with E-state index in [0.29, 0.717) is 12.3 Å². The maximum Gasteiger partial charge on any atom is 0.191 e. The summed E-state index contributed by atoms with van der Waals surface area (Å²) < 4.78 is 23.1. The number of nitrogens with zero attached hydrogens (tertiary/aromatic N) is 2. The largest absolute Gasteiger partial charge is 0.370 e. The predicted octanol–water partition coefficient (Wildman–Crippen LogP) is 1.81. The fourth-order valence-corrected chi connectivity index (χ4v) is 5.03. The number of rotatable bonds is 8. The summed E-state index contributed by atoms with van der Waals surface area (Å²) in [7, 11) is -2.84. The van der Waals surface area contributed by atoms with Crippen LogP contribution in [0.1, 0.15) is 25.8 Å². The van der Waals surface area contributed by atoms with E-state index in [0.717, 1.165) is 38.6 Å². The highest BCUT2D eigenvalue weighted by Crippen LogP contribution is 2.18. The molecule has 2 N–H and O–H groups in total. The highest BCUT2D eigenvalue weighted by atomic mass is 32.2. The molecule has 1 saturated heterocycles. The van der Waals surface area contributed by atoms with Gasteiger partial charge in [-0.05, 0) is 50.8 Å². The Morgan fingerprint density at radius 2 is 2.12 bits per heavy atom. The summed E-state index contributed by atoms with van der Waals surface area (Å²) in [6, 6.07) is 8.52. The number of likely N-dealkylation sites (N-methyl/N-ethyl adjacent to an activating group) is 1. The summed E-state index contributed by atoms with van der Waals surface area (Å²) >= 11 is 0. The van der Waals surface area contributed by atoms with Gasteiger partial charge in [0.15, 0.2) is 15.8 Å². The standard InChI is InChI=1S/C19H32N4O2S/c1-4-20-19(22-14-17-9-12-26(24,25)15-17)21-10-11-23(5-2)18-8-6-7-16(3)13-18/h6-8,13,17H,4-5,9-12,14-15H2,1-3H3,(H2,20,21,22). The predicted molar refractivity (Wildman–Crippen MR) is 110 cm³/mol. The third-order valence-corrected chi connectivity index (χ3v) is 6.44. The fraction of sp³-hybridized carbons (Fsp3) is 0.632. The van der Waals surface area contributed by atoms with E-state index in [1.807, 2.05) is 6.92 Å². The first-order chi connectivity index (χ1) is 12.4. The monoisotopic (exact) mass is 380 g/mol. The molecule has 1 aromatic rings. The van der Waals surface area contributed by atoms with E-state index in [-0.39, 0.29) is 11.7 Å². The van der Waals surface area contributed by atoms with Gasteiger partial charge in [-0.15, -0.1) is 0 Å². The van der Waals surface area contributed by atoms with Crippen molar-refractivity contribution >= 4 is 21.5 Å². The molecule has 7 heteroatoms. The van der Waals surface area contributed by atoms with Crippen LogP contribution in [0.15, 0.2) is 29.3 Å². The Labute approximate surface area is 158 Å². The SMILES string of the molecule is CCNC(=NCC1CCS(=O)(=O)C1)NCCN(CC)c1cccc(C)c1. The number of sulfone groups is 1. The number of aryl methyl sites for hydroxylation is 1. The van der Waals surface area contributed by atoms with Crippen LogP contribution in [0.25, 0.3) is 0 Å². The number of aliphatic imine (C=N–C) groups is 1. The Bertz CT molecular complexity index is 703. The van der Waals surface area contributed by atoms with Crippen molar-refractivity contribution in [2.45, 2.75) is 27.2 Å². The summed E-state index contributed by atoms with van der Waals surface area (Å²) in [5.74, 6) is 1.48. The molecule has 1 heterocycles. The first-order valence-corrected chi connectivity index (χ1v) is 11.3. The number of nitrogens with one attached hydrogen (secondary N) is 2. The van der Waals surface area contributed by atoms with E-state index in [4.69, 9.17) is 0 Å². The smallest absolute Gasteiger partial charge is 0.191 e. The minimum absolute atomic E-state index is 0.148. The van der Waals surface area contributed by atoms with Gasteiger partial charge >= 0.3 is 0 Å². The molecule has 26 heavy (non-hydrogen) atoms. The van der Waals surface area contributed by atoms with Crippen molar-refractivity contribution in [2.24, 2.45) is 10.9 Å². The topological polar surface area (TPSA) is 73.8 Å². The average Bonchev–Trinajstić information content (AvgIpc) is 2.95. The summed E-state index contributed by atoms with van der Waals surface area (Å²) in [6.45, 7) is 10.2. The lowest BCUT2D eigenvalue weighted by Crippen LogP contribution is -2.42. The lowest BCUT2D eigenvalue weighted by atomic mass is 10.1. The third-order valence-electron chi connectivity index (χ3n) is 4.60. The molecule has 146 valence electrons. The van der Waals surface area contributed by atoms with Crippen LogP contribution in [0.5, 0.6) is 0 Å². The second kappa shape index (κ2) is 9.80. The van der Waals surface area contributed by atoms with Gasteiger partial charge in [0.25, 0.3) is 0 Å². The maximum atomic E-state index is 11.6. The number of guanidine groups is 1. The molecule has 0 saturated carbocycles. The van der Waals surface area contributed by atoms with Crippen LogP contribution < -0.4 is 15.5 Å². The van der Waals surface area contributed by atoms with Crippen molar-refractivity contribution in [2.75, 3.05) is 49.1 Å². The summed E-state index contributed by atoms with van der Waals surface area (Å²) in [5.41, 5.74) is 2.49. The molecular weight excluding hydrogens is 348 g/mol. The Hall–Kier alpha value is -1.76. The molecule has 1 aromatic carbocycles. The van der Waals surface area contributed by atoms with E-state index in [9.17, 15) is 8.42 Å². The highest BCUT2D eigenvalue weighted by Gasteiger charge is 2.27. The molecule has 1 aliphatic heterocycles. The lowest BCUT2D eigenvalue weighted by molar-refractivity contribution is 0.589. The molecule has 1 atom stereocenters. The maximum absolute atomic E-state index is 11.6. The van der Waals surface area contributed by atoms with Gasteiger partial charge in [-0.3, -0.25) is 4.99 Å². The minimum atomic E-state index is -2.84. The zero-order valence-electron chi connectivity index (χ0n) is 16.2. The van der Waals surface area contributed by atoms with Gasteiger partial charge in [-0.1, -0.05) is 12.1 Å². The molecule has 2 rings (SSSR count). The van der Waals surface area contributed by atoms with E-state index in [2.05, 4.69) is 58.6 Å². The number of benzene rings is 1. The van der Waals surface area contributed by atoms with Crippen molar-refractivity contribution in [1.29, 1.82) is 0 Å². The first kappa shape index (κ1) is 20.6. The zero-order chi connectivity index (χ0) is 19.0. The molecule has 1 aliphatic rings. The van der Waals surface area contributed by atoms with Crippen LogP contribution in [0.4, 0.5) is 5.69 Å². The molecule has 0 bridgehead atoms. The molecule has 0 radical (unpaired) electrons. The van der Waals surface area contributed by atoms with E-state index in [1.165, 1.54) is 11.3 Å². The zero-order valence-corrected chi connectivity index (χ0v) is 17.0. The second-order valence-corrected chi connectivity index (χ2v) is 9.06. The molecule has 0 spiro atoms. The van der Waals surface area contributed by atoms with E-state index < -0.39 is 9.84 Å². The highest BCUT2D eigenvalue weighted by molar-refractivity contribution is 7.91. The van der Waals surface area contributed by atoms with Gasteiger partial charge in [0, 0.05) is 38.4 Å². The van der Waals surface area contributed by atoms with Gasteiger partial charge in [0.2, 0.25) is 0 Å². The van der Waals surface area contributed by atoms with E-state index in [1.54, 1.807) is 0 Å². The third kappa shape index (κ3) is 6.52. The summed E-state index contributed by atoms with van der Waals surface area (Å²) in [4.78, 5) is 6.91. The molecular formula is C19H32N4O2S. The van der Waals surface area contributed by atoms with Crippen LogP contribution >= 0.6 is 0 Å². The van der Waals surface area contributed by atoms with Gasteiger partial charge < -0.3 is 15.5 Å². The Kier molecular flexibility index (Phi) is 7.75. The van der Waals surface area contributed by atoms with Gasteiger partial charge in [0.1, 0.15) is 0 Å². The molecule has 0 aromatic heterocycles. The second-order valence-electron chi connectivity index (χ2n) is 6.83. The van der Waals surface area contributed by atoms with Gasteiger partial charge in [-0.2, -0.15) is 0 Å². The van der Waals surface area contributed by atoms with E-state index >= 15 is 0 Å². The Morgan fingerprint density at radius 3 is 2.73 bits per heavy atom. The lowest BCUT2D eigenvalue weighted by Gasteiger charge is -2.24. The Balaban J connectivity index is 1.86. The molecule has 6 nitrogen and oxygen atoms in total. The molecule has 1 unspecified atom stereocenters. The average molecular weight is 381 g/mol. The summed E-state index contributed by atoms with van der Waals surface area (Å²) in [6.07, 6.45) is 0.724. The van der Waals surface area contributed by atoms with Crippen LogP contribution in [0, 0.1) is 12.8 Å². The van der Waals surface area contributed by atoms with Crippen molar-refractivity contribution in [3.63, 3.8) is 0 Å². The van der Waals surface area contributed by atoms with Gasteiger partial charge in [0.05, 0.1) is 11.5 Å². The number of hydrogen-bond donors (Lipinski definition) is 2. The van der Waals surface area contributed by atoms with Gasteiger partial charge in [-0.25, -0.2) is 8.42 Å². The fourth-order valence-electron chi connectivity index (χ4n) is 3.18. The van der Waals surface area contributed by atoms with Crippen LogP contribution in [-0.2, 0) is 9.84 Å². The summed E-state index contributed by atoms with van der Waals surface area (Å²) in [5, 5.41) is 6.60.